The van der Waals surface area contributed by atoms with Crippen molar-refractivity contribution < 1.29 is 9.72 Å². The molecule has 2 aromatic carbocycles. The molecular weight excluding hydrogens is 342 g/mol. The summed E-state index contributed by atoms with van der Waals surface area (Å²) in [6.45, 7) is 0. The zero-order valence-corrected chi connectivity index (χ0v) is 13.7. The van der Waals surface area contributed by atoms with Gasteiger partial charge in [0.05, 0.1) is 10.7 Å². The van der Waals surface area contributed by atoms with Crippen molar-refractivity contribution >= 4 is 29.0 Å². The van der Waals surface area contributed by atoms with E-state index < -0.39 is 4.92 Å². The number of anilines is 1. The van der Waals surface area contributed by atoms with Crippen molar-refractivity contribution in [2.24, 2.45) is 0 Å². The number of rotatable bonds is 6. The summed E-state index contributed by atoms with van der Waals surface area (Å²) in [4.78, 5) is 22.3. The molecule has 0 saturated heterocycles. The fraction of sp³-hybridized carbons (Fsp3) is 0.0625. The van der Waals surface area contributed by atoms with Gasteiger partial charge in [-0.3, -0.25) is 19.5 Å². The van der Waals surface area contributed by atoms with Crippen molar-refractivity contribution in [3.8, 4) is 5.69 Å². The Hall–Kier alpha value is -3.20. The third-order valence-corrected chi connectivity index (χ3v) is 4.17. The molecule has 1 aromatic heterocycles. The van der Waals surface area contributed by atoms with Crippen LogP contribution < -0.4 is 5.32 Å². The molecule has 0 aliphatic rings. The van der Waals surface area contributed by atoms with Gasteiger partial charge in [0, 0.05) is 23.5 Å². The minimum absolute atomic E-state index is 0.0747. The number of carbonyl (C=O) groups is 1. The van der Waals surface area contributed by atoms with E-state index in [1.165, 1.54) is 30.0 Å². The van der Waals surface area contributed by atoms with Gasteiger partial charge in [-0.05, 0) is 18.2 Å². The minimum Gasteiger partial charge on any atom is -0.325 e. The molecular formula is C16H13N5O3S. The van der Waals surface area contributed by atoms with Crippen LogP contribution in [0.25, 0.3) is 5.69 Å². The Balaban J connectivity index is 1.63. The lowest BCUT2D eigenvalue weighted by Crippen LogP contribution is -2.14. The Morgan fingerprint density at radius 3 is 2.76 bits per heavy atom. The van der Waals surface area contributed by atoms with Gasteiger partial charge in [0.1, 0.15) is 6.33 Å². The molecule has 1 heterocycles. The van der Waals surface area contributed by atoms with Crippen LogP contribution in [0.5, 0.6) is 0 Å². The first-order valence-electron chi connectivity index (χ1n) is 7.26. The predicted octanol–water partition coefficient (Wildman–Crippen LogP) is 2.91. The third-order valence-electron chi connectivity index (χ3n) is 3.22. The fourth-order valence-corrected chi connectivity index (χ4v) is 2.84. The van der Waals surface area contributed by atoms with Crippen LogP contribution in [0.2, 0.25) is 0 Å². The molecule has 0 atom stereocenters. The van der Waals surface area contributed by atoms with Crippen LogP contribution in [-0.2, 0) is 4.79 Å². The summed E-state index contributed by atoms with van der Waals surface area (Å²) in [5.74, 6) is -0.179. The second-order valence-corrected chi connectivity index (χ2v) is 5.91. The van der Waals surface area contributed by atoms with Gasteiger partial charge in [-0.2, -0.15) is 0 Å². The quantitative estimate of drug-likeness (QED) is 0.414. The lowest BCUT2D eigenvalue weighted by molar-refractivity contribution is -0.384. The first-order chi connectivity index (χ1) is 12.1. The van der Waals surface area contributed by atoms with Crippen molar-refractivity contribution in [1.29, 1.82) is 0 Å². The maximum Gasteiger partial charge on any atom is 0.271 e. The largest absolute Gasteiger partial charge is 0.325 e. The molecule has 9 heteroatoms. The van der Waals surface area contributed by atoms with Gasteiger partial charge in [0.15, 0.2) is 5.16 Å². The van der Waals surface area contributed by atoms with Gasteiger partial charge in [0.25, 0.3) is 5.69 Å². The van der Waals surface area contributed by atoms with E-state index in [1.807, 2.05) is 30.3 Å². The van der Waals surface area contributed by atoms with E-state index >= 15 is 0 Å². The molecule has 0 bridgehead atoms. The number of nitro benzene ring substituents is 1. The van der Waals surface area contributed by atoms with E-state index in [1.54, 1.807) is 17.0 Å². The van der Waals surface area contributed by atoms with E-state index in [4.69, 9.17) is 0 Å². The Bertz CT molecular complexity index is 898. The molecule has 0 saturated carbocycles. The Labute approximate surface area is 147 Å². The van der Waals surface area contributed by atoms with Gasteiger partial charge in [-0.15, -0.1) is 10.2 Å². The summed E-state index contributed by atoms with van der Waals surface area (Å²) in [7, 11) is 0. The fourth-order valence-electron chi connectivity index (χ4n) is 2.11. The van der Waals surface area contributed by atoms with Crippen LogP contribution in [0.3, 0.4) is 0 Å². The van der Waals surface area contributed by atoms with Gasteiger partial charge >= 0.3 is 0 Å². The maximum absolute atomic E-state index is 12.1. The highest BCUT2D eigenvalue weighted by Crippen LogP contribution is 2.21. The molecule has 1 N–H and O–H groups in total. The lowest BCUT2D eigenvalue weighted by atomic mass is 10.3. The van der Waals surface area contributed by atoms with Crippen LogP contribution in [0.1, 0.15) is 0 Å². The summed E-state index contributed by atoms with van der Waals surface area (Å²) < 4.78 is 1.78. The number of hydrogen-bond donors (Lipinski definition) is 1. The first kappa shape index (κ1) is 16.7. The summed E-state index contributed by atoms with van der Waals surface area (Å²) >= 11 is 1.23. The topological polar surface area (TPSA) is 103 Å². The zero-order chi connectivity index (χ0) is 17.6. The molecule has 0 aliphatic carbocycles. The number of non-ortho nitro benzene ring substituents is 1. The number of nitrogens with one attached hydrogen (secondary N) is 1. The van der Waals surface area contributed by atoms with Gasteiger partial charge in [-0.25, -0.2) is 0 Å². The predicted molar refractivity (Wildman–Crippen MR) is 93.8 cm³/mol. The van der Waals surface area contributed by atoms with Crippen LogP contribution >= 0.6 is 11.8 Å². The molecule has 0 aliphatic heterocycles. The second-order valence-electron chi connectivity index (χ2n) is 4.96. The SMILES string of the molecule is O=C(CSc1nncn1-c1ccccc1)Nc1cccc([N+](=O)[O-])c1. The summed E-state index contributed by atoms with van der Waals surface area (Å²) in [5.41, 5.74) is 1.20. The number of thioether (sulfide) groups is 1. The smallest absolute Gasteiger partial charge is 0.271 e. The number of hydrogen-bond acceptors (Lipinski definition) is 6. The van der Waals surface area contributed by atoms with Crippen molar-refractivity contribution in [1.82, 2.24) is 14.8 Å². The first-order valence-corrected chi connectivity index (χ1v) is 8.24. The van der Waals surface area contributed by atoms with E-state index in [-0.39, 0.29) is 17.3 Å². The molecule has 0 spiro atoms. The second kappa shape index (κ2) is 7.58. The average molecular weight is 355 g/mol. The number of nitrogens with zero attached hydrogens (tertiary/aromatic N) is 4. The minimum atomic E-state index is -0.507. The van der Waals surface area contributed by atoms with Crippen molar-refractivity contribution in [3.05, 3.63) is 71.0 Å². The third kappa shape index (κ3) is 4.21. The van der Waals surface area contributed by atoms with E-state index in [9.17, 15) is 14.9 Å². The normalized spacial score (nSPS) is 10.4. The molecule has 25 heavy (non-hydrogen) atoms. The molecule has 0 unspecified atom stereocenters. The Morgan fingerprint density at radius 1 is 1.20 bits per heavy atom. The van der Waals surface area contributed by atoms with Crippen LogP contribution in [0, 0.1) is 10.1 Å². The monoisotopic (exact) mass is 355 g/mol. The molecule has 8 nitrogen and oxygen atoms in total. The highest BCUT2D eigenvalue weighted by atomic mass is 32.2. The van der Waals surface area contributed by atoms with Gasteiger partial charge in [-0.1, -0.05) is 36.0 Å². The number of amides is 1. The molecule has 0 fully saturated rings. The summed E-state index contributed by atoms with van der Waals surface area (Å²) in [5, 5.41) is 21.9. The van der Waals surface area contributed by atoms with E-state index in [0.717, 1.165) is 5.69 Å². The number of benzene rings is 2. The summed E-state index contributed by atoms with van der Waals surface area (Å²) in [6, 6.07) is 15.3. The molecule has 3 aromatic rings. The average Bonchev–Trinajstić information content (AvgIpc) is 3.09. The van der Waals surface area contributed by atoms with E-state index in [0.29, 0.717) is 10.8 Å². The summed E-state index contributed by atoms with van der Waals surface area (Å²) in [6.07, 6.45) is 1.58. The maximum atomic E-state index is 12.1. The van der Waals surface area contributed by atoms with Crippen molar-refractivity contribution in [3.63, 3.8) is 0 Å². The standard InChI is InChI=1S/C16H13N5O3S/c22-15(18-12-5-4-8-14(9-12)21(23)24)10-25-16-19-17-11-20(16)13-6-2-1-3-7-13/h1-9,11H,10H2,(H,18,22). The molecule has 126 valence electrons. The highest BCUT2D eigenvalue weighted by Gasteiger charge is 2.11. The molecule has 0 radical (unpaired) electrons. The van der Waals surface area contributed by atoms with Crippen molar-refractivity contribution in [2.45, 2.75) is 5.16 Å². The van der Waals surface area contributed by atoms with Crippen LogP contribution in [0.4, 0.5) is 11.4 Å². The van der Waals surface area contributed by atoms with E-state index in [2.05, 4.69) is 15.5 Å². The molecule has 3 rings (SSSR count). The number of nitro groups is 1. The van der Waals surface area contributed by atoms with Crippen LogP contribution in [-0.4, -0.2) is 31.3 Å². The number of carbonyl (C=O) groups excluding carboxylic acids is 1. The molecule has 1 amide bonds. The van der Waals surface area contributed by atoms with Gasteiger partial charge in [0.2, 0.25) is 5.91 Å². The zero-order valence-electron chi connectivity index (χ0n) is 12.9. The Morgan fingerprint density at radius 2 is 2.00 bits per heavy atom. The number of aromatic nitrogens is 3. The highest BCUT2D eigenvalue weighted by molar-refractivity contribution is 7.99. The van der Waals surface area contributed by atoms with Gasteiger partial charge < -0.3 is 5.32 Å². The Kier molecular flexibility index (Phi) is 5.05. The number of para-hydroxylation sites is 1. The lowest BCUT2D eigenvalue weighted by Gasteiger charge is -2.07. The van der Waals surface area contributed by atoms with Crippen molar-refractivity contribution in [2.75, 3.05) is 11.1 Å². The van der Waals surface area contributed by atoms with Crippen LogP contribution in [0.15, 0.2) is 66.1 Å².